The molecule has 1 aromatic carbocycles. The van der Waals surface area contributed by atoms with Crippen molar-refractivity contribution >= 4 is 40.3 Å². The van der Waals surface area contributed by atoms with E-state index in [1.54, 1.807) is 23.1 Å². The molecule has 1 aromatic heterocycles. The molecule has 6 nitrogen and oxygen atoms in total. The van der Waals surface area contributed by atoms with Crippen molar-refractivity contribution in [1.82, 2.24) is 14.9 Å². The molecule has 1 heterocycles. The molecule has 0 bridgehead atoms. The van der Waals surface area contributed by atoms with Gasteiger partial charge in [-0.15, -0.1) is 0 Å². The van der Waals surface area contributed by atoms with E-state index >= 15 is 0 Å². The molecule has 7 heteroatoms. The third-order valence-electron chi connectivity index (χ3n) is 3.47. The Morgan fingerprint density at radius 3 is 2.65 bits per heavy atom. The van der Waals surface area contributed by atoms with Gasteiger partial charge in [0.25, 0.3) is 0 Å². The van der Waals surface area contributed by atoms with E-state index in [0.29, 0.717) is 35.0 Å². The number of halogens is 1. The Morgan fingerprint density at radius 2 is 1.96 bits per heavy atom. The molecule has 0 spiro atoms. The Kier molecular flexibility index (Phi) is 5.87. The Labute approximate surface area is 139 Å². The summed E-state index contributed by atoms with van der Waals surface area (Å²) < 4.78 is 0. The maximum Gasteiger partial charge on any atom is 0.226 e. The molecule has 0 saturated heterocycles. The van der Waals surface area contributed by atoms with Crippen molar-refractivity contribution in [3.63, 3.8) is 0 Å². The number of hydrogen-bond acceptors (Lipinski definition) is 4. The topological polar surface area (TPSA) is 75.2 Å². The second kappa shape index (κ2) is 7.87. The van der Waals surface area contributed by atoms with Crippen molar-refractivity contribution in [2.75, 3.05) is 18.4 Å². The summed E-state index contributed by atoms with van der Waals surface area (Å²) in [5.74, 6) is 0.0581. The number of anilines is 1. The maximum atomic E-state index is 11.9. The fraction of sp³-hybridized carbons (Fsp3) is 0.375. The molecule has 122 valence electrons. The SMILES string of the molecule is CCN(CC)C(=O)CCC(=O)Nc1cnc2c(Cl)cccc2n1. The Bertz CT molecular complexity index is 716. The van der Waals surface area contributed by atoms with E-state index in [1.165, 1.54) is 6.20 Å². The van der Waals surface area contributed by atoms with Gasteiger partial charge in [-0.25, -0.2) is 9.97 Å². The summed E-state index contributed by atoms with van der Waals surface area (Å²) in [6.07, 6.45) is 1.75. The van der Waals surface area contributed by atoms with Gasteiger partial charge in [-0.3, -0.25) is 9.59 Å². The first-order chi connectivity index (χ1) is 11.0. The van der Waals surface area contributed by atoms with E-state index in [4.69, 9.17) is 11.6 Å². The second-order valence-corrected chi connectivity index (χ2v) is 5.38. The lowest BCUT2D eigenvalue weighted by atomic mass is 10.2. The predicted molar refractivity (Wildman–Crippen MR) is 90.3 cm³/mol. The number of fused-ring (bicyclic) bond motifs is 1. The summed E-state index contributed by atoms with van der Waals surface area (Å²) in [6, 6.07) is 5.27. The van der Waals surface area contributed by atoms with Gasteiger partial charge >= 0.3 is 0 Å². The van der Waals surface area contributed by atoms with E-state index < -0.39 is 0 Å². The number of nitrogens with zero attached hydrogens (tertiary/aromatic N) is 3. The molecule has 0 aliphatic heterocycles. The molecule has 0 fully saturated rings. The van der Waals surface area contributed by atoms with Crippen LogP contribution in [-0.4, -0.2) is 39.8 Å². The molecule has 1 N–H and O–H groups in total. The number of nitrogens with one attached hydrogen (secondary N) is 1. The van der Waals surface area contributed by atoms with Crippen LogP contribution in [0.1, 0.15) is 26.7 Å². The van der Waals surface area contributed by atoms with Crippen molar-refractivity contribution < 1.29 is 9.59 Å². The number of aromatic nitrogens is 2. The molecule has 2 rings (SSSR count). The van der Waals surface area contributed by atoms with Crippen molar-refractivity contribution in [3.05, 3.63) is 29.4 Å². The van der Waals surface area contributed by atoms with Crippen molar-refractivity contribution in [1.29, 1.82) is 0 Å². The summed E-state index contributed by atoms with van der Waals surface area (Å²) in [6.45, 7) is 5.12. The van der Waals surface area contributed by atoms with Gasteiger partial charge in [-0.2, -0.15) is 0 Å². The van der Waals surface area contributed by atoms with Crippen LogP contribution in [0.25, 0.3) is 11.0 Å². The Morgan fingerprint density at radius 1 is 1.22 bits per heavy atom. The molecule has 0 atom stereocenters. The lowest BCUT2D eigenvalue weighted by Crippen LogP contribution is -2.31. The fourth-order valence-corrected chi connectivity index (χ4v) is 2.45. The number of para-hydroxylation sites is 1. The number of benzene rings is 1. The number of amides is 2. The van der Waals surface area contributed by atoms with E-state index in [0.717, 1.165) is 0 Å². The van der Waals surface area contributed by atoms with Gasteiger partial charge < -0.3 is 10.2 Å². The first-order valence-electron chi connectivity index (χ1n) is 7.54. The van der Waals surface area contributed by atoms with Gasteiger partial charge in [-0.1, -0.05) is 17.7 Å². The smallest absolute Gasteiger partial charge is 0.226 e. The van der Waals surface area contributed by atoms with Crippen LogP contribution in [0.15, 0.2) is 24.4 Å². The molecule has 0 unspecified atom stereocenters. The highest BCUT2D eigenvalue weighted by molar-refractivity contribution is 6.34. The number of carbonyl (C=O) groups excluding carboxylic acids is 2. The Hall–Kier alpha value is -2.21. The third-order valence-corrected chi connectivity index (χ3v) is 3.78. The maximum absolute atomic E-state index is 11.9. The van der Waals surface area contributed by atoms with Gasteiger partial charge in [0.1, 0.15) is 5.52 Å². The fourth-order valence-electron chi connectivity index (χ4n) is 2.23. The molecule has 0 aliphatic rings. The number of carbonyl (C=O) groups is 2. The number of rotatable bonds is 6. The van der Waals surface area contributed by atoms with Crippen LogP contribution >= 0.6 is 11.6 Å². The molecule has 2 aromatic rings. The molecule has 0 saturated carbocycles. The zero-order chi connectivity index (χ0) is 16.8. The summed E-state index contributed by atoms with van der Waals surface area (Å²) in [5.41, 5.74) is 1.19. The molecular formula is C16H19ClN4O2. The first kappa shape index (κ1) is 17.1. The number of hydrogen-bond donors (Lipinski definition) is 1. The van der Waals surface area contributed by atoms with Crippen LogP contribution in [0, 0.1) is 0 Å². The monoisotopic (exact) mass is 334 g/mol. The van der Waals surface area contributed by atoms with Crippen LogP contribution in [0.4, 0.5) is 5.82 Å². The largest absolute Gasteiger partial charge is 0.343 e. The van der Waals surface area contributed by atoms with Gasteiger partial charge in [0, 0.05) is 25.9 Å². The zero-order valence-corrected chi connectivity index (χ0v) is 13.9. The minimum absolute atomic E-state index is 0.0264. The molecule has 0 aliphatic carbocycles. The standard InChI is InChI=1S/C16H19ClN4O2/c1-3-21(4-2)15(23)9-8-14(22)20-13-10-18-16-11(17)6-5-7-12(16)19-13/h5-7,10H,3-4,8-9H2,1-2H3,(H,19,20,22). The lowest BCUT2D eigenvalue weighted by Gasteiger charge is -2.18. The average molecular weight is 335 g/mol. The third kappa shape index (κ3) is 4.39. The van der Waals surface area contributed by atoms with Crippen molar-refractivity contribution in [3.8, 4) is 0 Å². The lowest BCUT2D eigenvalue weighted by molar-refractivity contribution is -0.132. The van der Waals surface area contributed by atoms with Gasteiger partial charge in [-0.05, 0) is 26.0 Å². The normalized spacial score (nSPS) is 10.6. The highest BCUT2D eigenvalue weighted by Crippen LogP contribution is 2.20. The average Bonchev–Trinajstić information content (AvgIpc) is 2.54. The van der Waals surface area contributed by atoms with E-state index in [9.17, 15) is 9.59 Å². The summed E-state index contributed by atoms with van der Waals surface area (Å²) >= 11 is 6.02. The minimum Gasteiger partial charge on any atom is -0.343 e. The van der Waals surface area contributed by atoms with Crippen molar-refractivity contribution in [2.45, 2.75) is 26.7 Å². The van der Waals surface area contributed by atoms with E-state index in [-0.39, 0.29) is 24.7 Å². The summed E-state index contributed by atoms with van der Waals surface area (Å²) in [4.78, 5) is 34.0. The van der Waals surface area contributed by atoms with Crippen LogP contribution in [0.3, 0.4) is 0 Å². The molecule has 23 heavy (non-hydrogen) atoms. The van der Waals surface area contributed by atoms with E-state index in [2.05, 4.69) is 15.3 Å². The minimum atomic E-state index is -0.263. The molecule has 2 amide bonds. The Balaban J connectivity index is 1.97. The van der Waals surface area contributed by atoms with Crippen LogP contribution in [0.2, 0.25) is 5.02 Å². The van der Waals surface area contributed by atoms with Crippen LogP contribution < -0.4 is 5.32 Å². The van der Waals surface area contributed by atoms with Crippen LogP contribution in [0.5, 0.6) is 0 Å². The predicted octanol–water partition coefficient (Wildman–Crippen LogP) is 2.87. The van der Waals surface area contributed by atoms with Gasteiger partial charge in [0.05, 0.1) is 16.7 Å². The van der Waals surface area contributed by atoms with E-state index in [1.807, 2.05) is 13.8 Å². The van der Waals surface area contributed by atoms with Crippen molar-refractivity contribution in [2.24, 2.45) is 0 Å². The zero-order valence-electron chi connectivity index (χ0n) is 13.2. The highest BCUT2D eigenvalue weighted by Gasteiger charge is 2.13. The van der Waals surface area contributed by atoms with Gasteiger partial charge in [0.15, 0.2) is 5.82 Å². The molecule has 0 radical (unpaired) electrons. The second-order valence-electron chi connectivity index (χ2n) is 4.98. The first-order valence-corrected chi connectivity index (χ1v) is 7.91. The summed E-state index contributed by atoms with van der Waals surface area (Å²) in [7, 11) is 0. The summed E-state index contributed by atoms with van der Waals surface area (Å²) in [5, 5.41) is 3.17. The van der Waals surface area contributed by atoms with Crippen LogP contribution in [-0.2, 0) is 9.59 Å². The molecular weight excluding hydrogens is 316 g/mol. The highest BCUT2D eigenvalue weighted by atomic mass is 35.5. The quantitative estimate of drug-likeness (QED) is 0.881. The van der Waals surface area contributed by atoms with Gasteiger partial charge in [0.2, 0.25) is 11.8 Å².